The second-order valence-corrected chi connectivity index (χ2v) is 6.43. The van der Waals surface area contributed by atoms with E-state index in [-0.39, 0.29) is 23.7 Å². The lowest BCUT2D eigenvalue weighted by Crippen LogP contribution is -2.38. The van der Waals surface area contributed by atoms with Crippen molar-refractivity contribution in [1.29, 1.82) is 0 Å². The molecule has 3 saturated carbocycles. The van der Waals surface area contributed by atoms with Gasteiger partial charge in [0.1, 0.15) is 0 Å². The highest BCUT2D eigenvalue weighted by molar-refractivity contribution is 6.05. The largest absolute Gasteiger partial charge is 0.296 e. The fraction of sp³-hybridized carbons (Fsp3) is 0.857. The van der Waals surface area contributed by atoms with Crippen molar-refractivity contribution in [2.45, 2.75) is 38.5 Å². The Morgan fingerprint density at radius 1 is 0.824 bits per heavy atom. The van der Waals surface area contributed by atoms with Crippen LogP contribution in [0.3, 0.4) is 0 Å². The molecular weight excluding hydrogens is 214 g/mol. The Labute approximate surface area is 101 Å². The van der Waals surface area contributed by atoms with Gasteiger partial charge in [-0.25, -0.2) is 0 Å². The van der Waals surface area contributed by atoms with E-state index in [1.165, 1.54) is 38.5 Å². The molecule has 17 heavy (non-hydrogen) atoms. The van der Waals surface area contributed by atoms with Crippen LogP contribution in [-0.4, -0.2) is 11.8 Å². The molecule has 4 rings (SSSR count). The number of carbonyl (C=O) groups excluding carboxylic acids is 2. The Balaban J connectivity index is 1.77. The molecule has 0 aromatic heterocycles. The number of hydrogen-bond donors (Lipinski definition) is 1. The molecule has 2 amide bonds. The van der Waals surface area contributed by atoms with Crippen LogP contribution in [0, 0.1) is 35.5 Å². The summed E-state index contributed by atoms with van der Waals surface area (Å²) in [5.74, 6) is 2.73. The number of hydrogen-bond acceptors (Lipinski definition) is 2. The molecule has 3 aliphatic carbocycles. The zero-order chi connectivity index (χ0) is 11.6. The normalized spacial score (nSPS) is 52.0. The third kappa shape index (κ3) is 1.18. The zero-order valence-corrected chi connectivity index (χ0v) is 10.0. The average Bonchev–Trinajstić information content (AvgIpc) is 2.81. The van der Waals surface area contributed by atoms with Crippen LogP contribution in [0.4, 0.5) is 0 Å². The van der Waals surface area contributed by atoms with E-state index in [1.54, 1.807) is 0 Å². The minimum absolute atomic E-state index is 0.0402. The molecule has 4 fully saturated rings. The SMILES string of the molecule is O=C1NC(=O)C2C3CCCC4CCCC(C12)C43. The summed E-state index contributed by atoms with van der Waals surface area (Å²) in [5.41, 5.74) is 0. The van der Waals surface area contributed by atoms with Crippen LogP contribution >= 0.6 is 0 Å². The highest BCUT2D eigenvalue weighted by Gasteiger charge is 2.62. The van der Waals surface area contributed by atoms with Gasteiger partial charge in [0.2, 0.25) is 11.8 Å². The molecule has 92 valence electrons. The van der Waals surface area contributed by atoms with E-state index in [0.29, 0.717) is 17.8 Å². The second kappa shape index (κ2) is 3.33. The van der Waals surface area contributed by atoms with E-state index in [1.807, 2.05) is 0 Å². The fourth-order valence-corrected chi connectivity index (χ4v) is 5.54. The summed E-state index contributed by atoms with van der Waals surface area (Å²) in [5, 5.41) is 2.58. The van der Waals surface area contributed by atoms with Gasteiger partial charge in [0, 0.05) is 0 Å². The van der Waals surface area contributed by atoms with Crippen LogP contribution in [0.15, 0.2) is 0 Å². The van der Waals surface area contributed by atoms with Crippen molar-refractivity contribution < 1.29 is 9.59 Å². The van der Waals surface area contributed by atoms with Crippen molar-refractivity contribution in [1.82, 2.24) is 5.32 Å². The summed E-state index contributed by atoms with van der Waals surface area (Å²) in [6.45, 7) is 0. The van der Waals surface area contributed by atoms with Gasteiger partial charge in [0.15, 0.2) is 0 Å². The number of nitrogens with one attached hydrogen (secondary N) is 1. The topological polar surface area (TPSA) is 46.2 Å². The first kappa shape index (κ1) is 10.1. The predicted molar refractivity (Wildman–Crippen MR) is 61.8 cm³/mol. The molecule has 1 saturated heterocycles. The van der Waals surface area contributed by atoms with Crippen LogP contribution < -0.4 is 5.32 Å². The predicted octanol–water partition coefficient (Wildman–Crippen LogP) is 1.72. The van der Waals surface area contributed by atoms with E-state index >= 15 is 0 Å². The van der Waals surface area contributed by atoms with E-state index in [4.69, 9.17) is 0 Å². The number of rotatable bonds is 0. The molecule has 0 aromatic carbocycles. The molecule has 0 radical (unpaired) electrons. The number of carbonyl (C=O) groups is 2. The van der Waals surface area contributed by atoms with E-state index in [9.17, 15) is 9.59 Å². The molecule has 4 unspecified atom stereocenters. The maximum atomic E-state index is 12.0. The molecule has 1 heterocycles. The summed E-state index contributed by atoms with van der Waals surface area (Å²) in [6.07, 6.45) is 7.57. The highest BCUT2D eigenvalue weighted by atomic mass is 16.2. The number of imide groups is 1. The molecule has 4 atom stereocenters. The van der Waals surface area contributed by atoms with Crippen molar-refractivity contribution in [2.75, 3.05) is 0 Å². The molecule has 4 aliphatic rings. The molecule has 3 heteroatoms. The Kier molecular flexibility index (Phi) is 1.98. The highest BCUT2D eigenvalue weighted by Crippen LogP contribution is 2.60. The summed E-state index contributed by atoms with van der Waals surface area (Å²) >= 11 is 0. The summed E-state index contributed by atoms with van der Waals surface area (Å²) in [7, 11) is 0. The van der Waals surface area contributed by atoms with Gasteiger partial charge < -0.3 is 0 Å². The van der Waals surface area contributed by atoms with Crippen molar-refractivity contribution in [2.24, 2.45) is 35.5 Å². The average molecular weight is 233 g/mol. The molecule has 0 bridgehead atoms. The molecule has 0 aromatic rings. The summed E-state index contributed by atoms with van der Waals surface area (Å²) in [6, 6.07) is 0. The minimum Gasteiger partial charge on any atom is -0.296 e. The first-order valence-corrected chi connectivity index (χ1v) is 7.12. The minimum atomic E-state index is 0.0402. The third-order valence-corrected chi connectivity index (χ3v) is 5.92. The van der Waals surface area contributed by atoms with Crippen molar-refractivity contribution in [3.05, 3.63) is 0 Å². The van der Waals surface area contributed by atoms with Crippen molar-refractivity contribution in [3.63, 3.8) is 0 Å². The van der Waals surface area contributed by atoms with Gasteiger partial charge in [-0.2, -0.15) is 0 Å². The van der Waals surface area contributed by atoms with Gasteiger partial charge >= 0.3 is 0 Å². The molecule has 3 nitrogen and oxygen atoms in total. The van der Waals surface area contributed by atoms with Gasteiger partial charge in [-0.15, -0.1) is 0 Å². The van der Waals surface area contributed by atoms with Crippen LogP contribution in [0.1, 0.15) is 38.5 Å². The van der Waals surface area contributed by atoms with Crippen LogP contribution in [0.5, 0.6) is 0 Å². The Bertz CT molecular complexity index is 358. The monoisotopic (exact) mass is 233 g/mol. The third-order valence-electron chi connectivity index (χ3n) is 5.92. The Morgan fingerprint density at radius 3 is 1.88 bits per heavy atom. The van der Waals surface area contributed by atoms with Gasteiger partial charge in [0.05, 0.1) is 11.8 Å². The van der Waals surface area contributed by atoms with E-state index in [0.717, 1.165) is 5.92 Å². The molecule has 1 N–H and O–H groups in total. The second-order valence-electron chi connectivity index (χ2n) is 6.43. The van der Waals surface area contributed by atoms with E-state index < -0.39 is 0 Å². The number of amides is 2. The zero-order valence-electron chi connectivity index (χ0n) is 10.0. The first-order chi connectivity index (χ1) is 8.27. The van der Waals surface area contributed by atoms with Gasteiger partial charge in [-0.1, -0.05) is 25.7 Å². The quantitative estimate of drug-likeness (QED) is 0.648. The Morgan fingerprint density at radius 2 is 1.35 bits per heavy atom. The lowest BCUT2D eigenvalue weighted by molar-refractivity contribution is -0.128. The van der Waals surface area contributed by atoms with Crippen LogP contribution in [0.2, 0.25) is 0 Å². The standard InChI is InChI=1S/C14H19NO2/c16-13-11-8-5-1-3-7-4-2-6-9(10(7)8)12(11)14(17)15-13/h7-12H,1-6H2,(H,15,16,17). The van der Waals surface area contributed by atoms with Crippen LogP contribution in [0.25, 0.3) is 0 Å². The maximum absolute atomic E-state index is 12.0. The van der Waals surface area contributed by atoms with Crippen LogP contribution in [-0.2, 0) is 9.59 Å². The number of fused-ring (bicyclic) bond motifs is 3. The van der Waals surface area contributed by atoms with Gasteiger partial charge in [-0.05, 0) is 36.5 Å². The lowest BCUT2D eigenvalue weighted by Gasteiger charge is -2.42. The molecule has 1 aliphatic heterocycles. The van der Waals surface area contributed by atoms with Gasteiger partial charge in [-0.3, -0.25) is 14.9 Å². The van der Waals surface area contributed by atoms with Crippen molar-refractivity contribution in [3.8, 4) is 0 Å². The first-order valence-electron chi connectivity index (χ1n) is 7.12. The molecule has 0 spiro atoms. The van der Waals surface area contributed by atoms with Gasteiger partial charge in [0.25, 0.3) is 0 Å². The van der Waals surface area contributed by atoms with Crippen molar-refractivity contribution >= 4 is 11.8 Å². The summed E-state index contributed by atoms with van der Waals surface area (Å²) in [4.78, 5) is 24.0. The fourth-order valence-electron chi connectivity index (χ4n) is 5.54. The smallest absolute Gasteiger partial charge is 0.230 e. The van der Waals surface area contributed by atoms with E-state index in [2.05, 4.69) is 5.32 Å². The molecular formula is C14H19NO2. The lowest BCUT2D eigenvalue weighted by atomic mass is 9.63. The summed E-state index contributed by atoms with van der Waals surface area (Å²) < 4.78 is 0. The Hall–Kier alpha value is -0.860. The maximum Gasteiger partial charge on any atom is 0.230 e.